The van der Waals surface area contributed by atoms with Gasteiger partial charge in [0, 0.05) is 6.61 Å². The van der Waals surface area contributed by atoms with E-state index in [1.54, 1.807) is 0 Å². The first-order valence-electron chi connectivity index (χ1n) is 4.57. The molecule has 0 atom stereocenters. The predicted octanol–water partition coefficient (Wildman–Crippen LogP) is 2.36. The third-order valence-corrected chi connectivity index (χ3v) is 2.90. The van der Waals surface area contributed by atoms with Crippen molar-refractivity contribution >= 4 is 0 Å². The Morgan fingerprint density at radius 2 is 1.70 bits per heavy atom. The van der Waals surface area contributed by atoms with E-state index in [4.69, 9.17) is 4.74 Å². The van der Waals surface area contributed by atoms with Gasteiger partial charge in [0.2, 0.25) is 0 Å². The van der Waals surface area contributed by atoms with Gasteiger partial charge in [-0.2, -0.15) is 0 Å². The highest BCUT2D eigenvalue weighted by molar-refractivity contribution is 4.74. The molecule has 0 radical (unpaired) electrons. The van der Waals surface area contributed by atoms with Crippen LogP contribution < -0.4 is 0 Å². The van der Waals surface area contributed by atoms with Crippen molar-refractivity contribution in [1.29, 1.82) is 0 Å². The van der Waals surface area contributed by atoms with Crippen molar-refractivity contribution in [3.63, 3.8) is 0 Å². The maximum Gasteiger partial charge on any atom is 0.0575 e. The number of hydrogen-bond donors (Lipinski definition) is 0. The Morgan fingerprint density at radius 1 is 0.900 bits per heavy atom. The molecule has 10 heavy (non-hydrogen) atoms. The molecular formula is C9H16O. The fourth-order valence-electron chi connectivity index (χ4n) is 2.21. The second kappa shape index (κ2) is 2.91. The molecule has 0 amide bonds. The van der Waals surface area contributed by atoms with Crippen LogP contribution in [0.3, 0.4) is 0 Å². The van der Waals surface area contributed by atoms with Gasteiger partial charge in [0.1, 0.15) is 0 Å². The van der Waals surface area contributed by atoms with Crippen molar-refractivity contribution in [3.05, 3.63) is 0 Å². The Kier molecular flexibility index (Phi) is 1.94. The van der Waals surface area contributed by atoms with Crippen LogP contribution in [0.5, 0.6) is 0 Å². The van der Waals surface area contributed by atoms with Crippen molar-refractivity contribution in [3.8, 4) is 0 Å². The van der Waals surface area contributed by atoms with Crippen LogP contribution >= 0.6 is 0 Å². The fourth-order valence-corrected chi connectivity index (χ4v) is 2.21. The highest BCUT2D eigenvalue weighted by Gasteiger charge is 2.23. The van der Waals surface area contributed by atoms with Gasteiger partial charge >= 0.3 is 0 Å². The van der Waals surface area contributed by atoms with Gasteiger partial charge in [0.15, 0.2) is 0 Å². The molecule has 0 N–H and O–H groups in total. The summed E-state index contributed by atoms with van der Waals surface area (Å²) in [5, 5.41) is 0. The SMILES string of the molecule is C1COC2CCC(C1)CC2. The average Bonchev–Trinajstić information content (AvgIpc) is 1.89. The van der Waals surface area contributed by atoms with E-state index < -0.39 is 0 Å². The van der Waals surface area contributed by atoms with Gasteiger partial charge in [0.25, 0.3) is 0 Å². The van der Waals surface area contributed by atoms with E-state index in [9.17, 15) is 0 Å². The molecule has 2 saturated heterocycles. The minimum absolute atomic E-state index is 0.636. The first kappa shape index (κ1) is 6.66. The minimum atomic E-state index is 0.636. The van der Waals surface area contributed by atoms with Crippen molar-refractivity contribution in [2.75, 3.05) is 6.61 Å². The Morgan fingerprint density at radius 3 is 2.50 bits per heavy atom. The van der Waals surface area contributed by atoms with E-state index >= 15 is 0 Å². The molecule has 0 unspecified atom stereocenters. The van der Waals surface area contributed by atoms with E-state index in [1.807, 2.05) is 0 Å². The van der Waals surface area contributed by atoms with Gasteiger partial charge in [-0.15, -0.1) is 0 Å². The van der Waals surface area contributed by atoms with E-state index in [0.717, 1.165) is 12.5 Å². The van der Waals surface area contributed by atoms with E-state index in [1.165, 1.54) is 38.5 Å². The van der Waals surface area contributed by atoms with Crippen LogP contribution in [0.25, 0.3) is 0 Å². The predicted molar refractivity (Wildman–Crippen MR) is 40.9 cm³/mol. The number of rotatable bonds is 0. The van der Waals surface area contributed by atoms with Gasteiger partial charge in [-0.1, -0.05) is 0 Å². The molecule has 3 rings (SSSR count). The molecule has 2 aliphatic heterocycles. The molecule has 3 fully saturated rings. The normalized spacial score (nSPS) is 40.8. The molecule has 1 heteroatoms. The quantitative estimate of drug-likeness (QED) is 0.502. The summed E-state index contributed by atoms with van der Waals surface area (Å²) in [7, 11) is 0. The third-order valence-electron chi connectivity index (χ3n) is 2.90. The molecule has 58 valence electrons. The standard InChI is InChI=1S/C9H16O/c1-2-8-3-5-9(6-4-8)10-7-1/h8-9H,1-7H2. The lowest BCUT2D eigenvalue weighted by molar-refractivity contribution is -0.00455. The van der Waals surface area contributed by atoms with Crippen LogP contribution in [-0.2, 0) is 4.74 Å². The lowest BCUT2D eigenvalue weighted by atomic mass is 9.83. The van der Waals surface area contributed by atoms with Gasteiger partial charge in [-0.3, -0.25) is 0 Å². The zero-order chi connectivity index (χ0) is 6.81. The third kappa shape index (κ3) is 1.34. The molecule has 2 heterocycles. The van der Waals surface area contributed by atoms with Crippen molar-refractivity contribution in [1.82, 2.24) is 0 Å². The molecule has 0 aromatic rings. The summed E-state index contributed by atoms with van der Waals surface area (Å²) in [4.78, 5) is 0. The van der Waals surface area contributed by atoms with Crippen molar-refractivity contribution in [2.24, 2.45) is 5.92 Å². The topological polar surface area (TPSA) is 9.23 Å². The van der Waals surface area contributed by atoms with Crippen LogP contribution in [0.15, 0.2) is 0 Å². The van der Waals surface area contributed by atoms with Crippen LogP contribution in [0.2, 0.25) is 0 Å². The van der Waals surface area contributed by atoms with Crippen LogP contribution in [0.4, 0.5) is 0 Å². The lowest BCUT2D eigenvalue weighted by Crippen LogP contribution is -2.25. The monoisotopic (exact) mass is 140 g/mol. The molecule has 2 bridgehead atoms. The highest BCUT2D eigenvalue weighted by atomic mass is 16.5. The van der Waals surface area contributed by atoms with Gasteiger partial charge < -0.3 is 4.74 Å². The lowest BCUT2D eigenvalue weighted by Gasteiger charge is -2.31. The Balaban J connectivity index is 1.94. The van der Waals surface area contributed by atoms with Crippen LogP contribution in [0, 0.1) is 5.92 Å². The van der Waals surface area contributed by atoms with Gasteiger partial charge in [-0.05, 0) is 44.4 Å². The summed E-state index contributed by atoms with van der Waals surface area (Å²) in [6, 6.07) is 0. The van der Waals surface area contributed by atoms with Crippen molar-refractivity contribution in [2.45, 2.75) is 44.6 Å². The van der Waals surface area contributed by atoms with E-state index in [0.29, 0.717) is 6.10 Å². The summed E-state index contributed by atoms with van der Waals surface area (Å²) in [5.41, 5.74) is 0. The molecule has 1 saturated carbocycles. The van der Waals surface area contributed by atoms with E-state index in [2.05, 4.69) is 0 Å². The zero-order valence-electron chi connectivity index (χ0n) is 6.51. The minimum Gasteiger partial charge on any atom is -0.378 e. The molecule has 0 spiro atoms. The molecular weight excluding hydrogens is 124 g/mol. The summed E-state index contributed by atoms with van der Waals surface area (Å²) in [6.45, 7) is 1.03. The second-order valence-corrected chi connectivity index (χ2v) is 3.66. The summed E-state index contributed by atoms with van der Waals surface area (Å²) >= 11 is 0. The van der Waals surface area contributed by atoms with Crippen LogP contribution in [-0.4, -0.2) is 12.7 Å². The largest absolute Gasteiger partial charge is 0.378 e. The van der Waals surface area contributed by atoms with Crippen molar-refractivity contribution < 1.29 is 4.74 Å². The maximum atomic E-state index is 5.67. The number of hydrogen-bond acceptors (Lipinski definition) is 1. The Labute approximate surface area is 62.8 Å². The number of fused-ring (bicyclic) bond motifs is 5. The first-order chi connectivity index (χ1) is 4.95. The van der Waals surface area contributed by atoms with E-state index in [-0.39, 0.29) is 0 Å². The number of ether oxygens (including phenoxy) is 1. The first-order valence-corrected chi connectivity index (χ1v) is 4.57. The average molecular weight is 140 g/mol. The molecule has 1 nitrogen and oxygen atoms in total. The molecule has 0 aromatic heterocycles. The Hall–Kier alpha value is -0.0400. The highest BCUT2D eigenvalue weighted by Crippen LogP contribution is 2.31. The summed E-state index contributed by atoms with van der Waals surface area (Å²) in [5.74, 6) is 1.06. The van der Waals surface area contributed by atoms with Crippen LogP contribution in [0.1, 0.15) is 38.5 Å². The molecule has 0 aromatic carbocycles. The van der Waals surface area contributed by atoms with Gasteiger partial charge in [-0.25, -0.2) is 0 Å². The molecule has 3 aliphatic rings. The summed E-state index contributed by atoms with van der Waals surface area (Å²) < 4.78 is 5.67. The fraction of sp³-hybridized carbons (Fsp3) is 1.00. The smallest absolute Gasteiger partial charge is 0.0575 e. The van der Waals surface area contributed by atoms with Gasteiger partial charge in [0.05, 0.1) is 6.10 Å². The second-order valence-electron chi connectivity index (χ2n) is 3.66. The summed E-state index contributed by atoms with van der Waals surface area (Å²) in [6.07, 6.45) is 8.91. The zero-order valence-corrected chi connectivity index (χ0v) is 6.51. The Bertz CT molecular complexity index is 83.8. The molecule has 1 aliphatic carbocycles. The maximum absolute atomic E-state index is 5.67.